The standard InChI is InChI=1S/C24H28F2N2O4/c1-16(2)31-23(30)24(3,4)32-19-7-5-6-18(15-19)27-10-12-28(13-11-27)22(29)20-9-8-17(25)14-21(20)26/h5-9,14-16H,10-13H2,1-4H3. The normalized spacial score (nSPS) is 14.5. The molecule has 2 aromatic carbocycles. The van der Waals surface area contributed by atoms with E-state index in [4.69, 9.17) is 9.47 Å². The lowest BCUT2D eigenvalue weighted by atomic mass is 10.1. The molecule has 6 nitrogen and oxygen atoms in total. The molecule has 3 rings (SSSR count). The zero-order valence-corrected chi connectivity index (χ0v) is 18.7. The second kappa shape index (κ2) is 9.54. The maximum absolute atomic E-state index is 14.0. The number of hydrogen-bond donors (Lipinski definition) is 0. The summed E-state index contributed by atoms with van der Waals surface area (Å²) in [5.74, 6) is -1.95. The summed E-state index contributed by atoms with van der Waals surface area (Å²) in [7, 11) is 0. The fourth-order valence-electron chi connectivity index (χ4n) is 3.44. The van der Waals surface area contributed by atoms with E-state index in [1.807, 2.05) is 18.2 Å². The van der Waals surface area contributed by atoms with Gasteiger partial charge in [-0.05, 0) is 52.0 Å². The molecule has 1 fully saturated rings. The Balaban J connectivity index is 1.63. The number of carbonyl (C=O) groups is 2. The number of amides is 1. The van der Waals surface area contributed by atoms with Gasteiger partial charge in [-0.3, -0.25) is 4.79 Å². The monoisotopic (exact) mass is 446 g/mol. The van der Waals surface area contributed by atoms with E-state index >= 15 is 0 Å². The highest BCUT2D eigenvalue weighted by Gasteiger charge is 2.33. The number of esters is 1. The predicted molar refractivity (Wildman–Crippen MR) is 117 cm³/mol. The van der Waals surface area contributed by atoms with E-state index in [-0.39, 0.29) is 11.7 Å². The largest absolute Gasteiger partial charge is 0.476 e. The molecule has 0 atom stereocenters. The van der Waals surface area contributed by atoms with E-state index in [2.05, 4.69) is 4.90 Å². The van der Waals surface area contributed by atoms with Gasteiger partial charge in [0.1, 0.15) is 17.4 Å². The molecule has 1 heterocycles. The first-order valence-electron chi connectivity index (χ1n) is 10.6. The van der Waals surface area contributed by atoms with E-state index in [0.29, 0.717) is 38.0 Å². The molecular weight excluding hydrogens is 418 g/mol. The van der Waals surface area contributed by atoms with Crippen molar-refractivity contribution in [3.05, 3.63) is 59.7 Å². The Kier molecular flexibility index (Phi) is 7.01. The topological polar surface area (TPSA) is 59.1 Å². The van der Waals surface area contributed by atoms with Crippen molar-refractivity contribution in [3.8, 4) is 5.75 Å². The van der Waals surface area contributed by atoms with E-state index in [1.54, 1.807) is 38.7 Å². The summed E-state index contributed by atoms with van der Waals surface area (Å²) >= 11 is 0. The highest BCUT2D eigenvalue weighted by atomic mass is 19.1. The maximum atomic E-state index is 14.0. The summed E-state index contributed by atoms with van der Waals surface area (Å²) < 4.78 is 38.2. The van der Waals surface area contributed by atoms with Crippen LogP contribution in [0.25, 0.3) is 0 Å². The van der Waals surface area contributed by atoms with Crippen LogP contribution < -0.4 is 9.64 Å². The first-order valence-corrected chi connectivity index (χ1v) is 10.6. The van der Waals surface area contributed by atoms with Crippen molar-refractivity contribution in [1.29, 1.82) is 0 Å². The number of piperazine rings is 1. The molecule has 0 aromatic heterocycles. The average Bonchev–Trinajstić information content (AvgIpc) is 2.73. The fourth-order valence-corrected chi connectivity index (χ4v) is 3.44. The first kappa shape index (κ1) is 23.5. The Morgan fingerprint density at radius 1 is 1.00 bits per heavy atom. The van der Waals surface area contributed by atoms with Crippen LogP contribution >= 0.6 is 0 Å². The maximum Gasteiger partial charge on any atom is 0.350 e. The van der Waals surface area contributed by atoms with Crippen LogP contribution in [0.2, 0.25) is 0 Å². The Bertz CT molecular complexity index is 986. The lowest BCUT2D eigenvalue weighted by Gasteiger charge is -2.36. The van der Waals surface area contributed by atoms with Crippen LogP contribution in [0.5, 0.6) is 5.75 Å². The summed E-state index contributed by atoms with van der Waals surface area (Å²) in [6.07, 6.45) is -0.237. The second-order valence-corrected chi connectivity index (χ2v) is 8.47. The highest BCUT2D eigenvalue weighted by molar-refractivity contribution is 5.94. The van der Waals surface area contributed by atoms with Crippen LogP contribution in [0.4, 0.5) is 14.5 Å². The molecule has 172 valence electrons. The second-order valence-electron chi connectivity index (χ2n) is 8.47. The van der Waals surface area contributed by atoms with Gasteiger partial charge in [0.05, 0.1) is 11.7 Å². The third-order valence-corrected chi connectivity index (χ3v) is 5.12. The van der Waals surface area contributed by atoms with Gasteiger partial charge >= 0.3 is 5.97 Å². The van der Waals surface area contributed by atoms with Gasteiger partial charge < -0.3 is 19.3 Å². The first-order chi connectivity index (χ1) is 15.1. The molecule has 0 N–H and O–H groups in total. The number of ether oxygens (including phenoxy) is 2. The number of nitrogens with zero attached hydrogens (tertiary/aromatic N) is 2. The van der Waals surface area contributed by atoms with Crippen LogP contribution in [0.15, 0.2) is 42.5 Å². The number of hydrogen-bond acceptors (Lipinski definition) is 5. The van der Waals surface area contributed by atoms with Crippen molar-refractivity contribution in [2.45, 2.75) is 39.4 Å². The fraction of sp³-hybridized carbons (Fsp3) is 0.417. The van der Waals surface area contributed by atoms with Gasteiger partial charge in [-0.15, -0.1) is 0 Å². The molecule has 2 aromatic rings. The smallest absolute Gasteiger partial charge is 0.350 e. The lowest BCUT2D eigenvalue weighted by molar-refractivity contribution is -0.163. The molecule has 1 aliphatic heterocycles. The van der Waals surface area contributed by atoms with Gasteiger partial charge in [0.15, 0.2) is 5.60 Å². The van der Waals surface area contributed by atoms with E-state index < -0.39 is 29.1 Å². The van der Waals surface area contributed by atoms with Crippen LogP contribution in [-0.4, -0.2) is 54.7 Å². The molecule has 1 aliphatic rings. The van der Waals surface area contributed by atoms with Crippen molar-refractivity contribution in [2.75, 3.05) is 31.1 Å². The average molecular weight is 446 g/mol. The summed E-state index contributed by atoms with van der Waals surface area (Å²) in [5, 5.41) is 0. The predicted octanol–water partition coefficient (Wildman–Crippen LogP) is 4.04. The summed E-state index contributed by atoms with van der Waals surface area (Å²) in [5.41, 5.74) is -0.394. The number of anilines is 1. The molecule has 0 unspecified atom stereocenters. The van der Waals surface area contributed by atoms with Crippen molar-refractivity contribution >= 4 is 17.6 Å². The molecule has 0 saturated carbocycles. The molecule has 8 heteroatoms. The molecule has 1 amide bonds. The SMILES string of the molecule is CC(C)OC(=O)C(C)(C)Oc1cccc(N2CCN(C(=O)c3ccc(F)cc3F)CC2)c1. The summed E-state index contributed by atoms with van der Waals surface area (Å²) in [6, 6.07) is 10.3. The van der Waals surface area contributed by atoms with E-state index in [1.165, 1.54) is 6.07 Å². The van der Waals surface area contributed by atoms with Crippen LogP contribution in [0.1, 0.15) is 38.1 Å². The molecule has 0 bridgehead atoms. The molecule has 0 aliphatic carbocycles. The Morgan fingerprint density at radius 2 is 1.69 bits per heavy atom. The quantitative estimate of drug-likeness (QED) is 0.627. The molecular formula is C24H28F2N2O4. The highest BCUT2D eigenvalue weighted by Crippen LogP contribution is 2.26. The van der Waals surface area contributed by atoms with Crippen LogP contribution in [0, 0.1) is 11.6 Å². The Hall–Kier alpha value is -3.16. The van der Waals surface area contributed by atoms with Gasteiger partial charge in [-0.25, -0.2) is 13.6 Å². The summed E-state index contributed by atoms with van der Waals surface area (Å²) in [4.78, 5) is 28.5. The minimum atomic E-state index is -1.15. The Labute approximate surface area is 186 Å². The number of halogens is 2. The van der Waals surface area contributed by atoms with Gasteiger partial charge in [0.2, 0.25) is 0 Å². The van der Waals surface area contributed by atoms with Gasteiger partial charge in [-0.2, -0.15) is 0 Å². The third-order valence-electron chi connectivity index (χ3n) is 5.12. The Morgan fingerprint density at radius 3 is 2.31 bits per heavy atom. The van der Waals surface area contributed by atoms with Gasteiger partial charge in [0.25, 0.3) is 5.91 Å². The van der Waals surface area contributed by atoms with Gasteiger partial charge in [-0.1, -0.05) is 6.07 Å². The molecule has 0 radical (unpaired) electrons. The zero-order valence-electron chi connectivity index (χ0n) is 18.7. The van der Waals surface area contributed by atoms with E-state index in [0.717, 1.165) is 11.8 Å². The number of carbonyl (C=O) groups excluding carboxylic acids is 2. The van der Waals surface area contributed by atoms with Crippen LogP contribution in [0.3, 0.4) is 0 Å². The van der Waals surface area contributed by atoms with Crippen molar-refractivity contribution in [2.24, 2.45) is 0 Å². The number of rotatable bonds is 6. The molecule has 0 spiro atoms. The van der Waals surface area contributed by atoms with Gasteiger partial charge in [0, 0.05) is 44.0 Å². The molecule has 1 saturated heterocycles. The minimum absolute atomic E-state index is 0.134. The van der Waals surface area contributed by atoms with E-state index in [9.17, 15) is 18.4 Å². The van der Waals surface area contributed by atoms with Crippen molar-refractivity contribution in [1.82, 2.24) is 4.90 Å². The summed E-state index contributed by atoms with van der Waals surface area (Å²) in [6.45, 7) is 8.74. The van der Waals surface area contributed by atoms with Crippen molar-refractivity contribution < 1.29 is 27.8 Å². The zero-order chi connectivity index (χ0) is 23.5. The number of benzene rings is 2. The molecule has 32 heavy (non-hydrogen) atoms. The third kappa shape index (κ3) is 5.55. The minimum Gasteiger partial charge on any atom is -0.476 e. The van der Waals surface area contributed by atoms with Crippen LogP contribution in [-0.2, 0) is 9.53 Å². The lowest BCUT2D eigenvalue weighted by Crippen LogP contribution is -2.49. The van der Waals surface area contributed by atoms with Crippen molar-refractivity contribution in [3.63, 3.8) is 0 Å².